The minimum Gasteiger partial charge on any atom is -0.491 e. The van der Waals surface area contributed by atoms with E-state index in [0.29, 0.717) is 22.8 Å². The van der Waals surface area contributed by atoms with E-state index in [9.17, 15) is 8.42 Å². The highest BCUT2D eigenvalue weighted by Crippen LogP contribution is 2.39. The lowest BCUT2D eigenvalue weighted by molar-refractivity contribution is 0.415. The second-order valence-electron chi connectivity index (χ2n) is 7.76. The summed E-state index contributed by atoms with van der Waals surface area (Å²) in [6, 6.07) is 4.32. The third-order valence-corrected chi connectivity index (χ3v) is 6.70. The van der Waals surface area contributed by atoms with Gasteiger partial charge in [0.1, 0.15) is 5.69 Å². The number of hydrogen-bond donors (Lipinski definition) is 2. The van der Waals surface area contributed by atoms with Crippen LogP contribution in [0.25, 0.3) is 11.3 Å². The van der Waals surface area contributed by atoms with Crippen LogP contribution in [0.2, 0.25) is 5.02 Å². The highest BCUT2D eigenvalue weighted by Gasteiger charge is 2.25. The Bertz CT molecular complexity index is 1520. The van der Waals surface area contributed by atoms with Crippen LogP contribution < -0.4 is 15.0 Å². The third-order valence-electron chi connectivity index (χ3n) is 5.08. The Kier molecular flexibility index (Phi) is 6.38. The van der Waals surface area contributed by atoms with Gasteiger partial charge in [-0.3, -0.25) is 9.78 Å². The number of H-pyrrole nitrogens is 1. The smallest absolute Gasteiger partial charge is 0.232 e. The standard InChI is InChI=1S/C21H22ClFN8O3S/c1-11-8-15(29-28-11)25-20-19(34-4)18(12-9-24-30(2)10-12)26-21(27-20)31(3)13-6-7-14(35(5,32)33)16(22)17(13)23/h6-10H,1-5H3,(H2,25,26,27,28,29). The summed E-state index contributed by atoms with van der Waals surface area (Å²) in [4.78, 5) is 10.2. The van der Waals surface area contributed by atoms with Gasteiger partial charge in [-0.05, 0) is 19.1 Å². The maximum Gasteiger partial charge on any atom is 0.232 e. The summed E-state index contributed by atoms with van der Waals surface area (Å²) < 4.78 is 46.3. The van der Waals surface area contributed by atoms with E-state index < -0.39 is 20.7 Å². The average Bonchev–Trinajstić information content (AvgIpc) is 3.41. The van der Waals surface area contributed by atoms with E-state index in [4.69, 9.17) is 16.3 Å². The zero-order valence-electron chi connectivity index (χ0n) is 19.5. The number of aryl methyl sites for hydroxylation is 2. The van der Waals surface area contributed by atoms with Crippen molar-refractivity contribution in [3.8, 4) is 17.0 Å². The molecule has 2 N–H and O–H groups in total. The van der Waals surface area contributed by atoms with Crippen molar-refractivity contribution in [1.82, 2.24) is 29.9 Å². The number of nitrogens with one attached hydrogen (secondary N) is 2. The number of sulfone groups is 1. The quantitative estimate of drug-likeness (QED) is 0.375. The summed E-state index contributed by atoms with van der Waals surface area (Å²) >= 11 is 6.06. The van der Waals surface area contributed by atoms with Crippen molar-refractivity contribution in [3.63, 3.8) is 0 Å². The maximum atomic E-state index is 15.2. The Morgan fingerprint density at radius 2 is 2.03 bits per heavy atom. The van der Waals surface area contributed by atoms with Gasteiger partial charge in [0.05, 0.1) is 28.9 Å². The van der Waals surface area contributed by atoms with Gasteiger partial charge in [-0.15, -0.1) is 0 Å². The molecule has 0 aliphatic heterocycles. The van der Waals surface area contributed by atoms with Gasteiger partial charge in [0, 0.05) is 43.9 Å². The molecule has 11 nitrogen and oxygen atoms in total. The van der Waals surface area contributed by atoms with E-state index in [0.717, 1.165) is 11.9 Å². The molecule has 4 rings (SSSR count). The van der Waals surface area contributed by atoms with E-state index in [1.807, 2.05) is 6.92 Å². The summed E-state index contributed by atoms with van der Waals surface area (Å²) in [5, 5.41) is 13.8. The lowest BCUT2D eigenvalue weighted by Crippen LogP contribution is -2.17. The number of ether oxygens (including phenoxy) is 1. The number of aromatic nitrogens is 6. The van der Waals surface area contributed by atoms with Crippen LogP contribution in [0.4, 0.5) is 27.7 Å². The Morgan fingerprint density at radius 3 is 2.60 bits per heavy atom. The highest BCUT2D eigenvalue weighted by atomic mass is 35.5. The molecule has 3 aromatic heterocycles. The lowest BCUT2D eigenvalue weighted by atomic mass is 10.2. The number of halogens is 2. The van der Waals surface area contributed by atoms with Crippen molar-refractivity contribution in [1.29, 1.82) is 0 Å². The van der Waals surface area contributed by atoms with Crippen molar-refractivity contribution >= 4 is 44.7 Å². The van der Waals surface area contributed by atoms with Crippen LogP contribution >= 0.6 is 11.6 Å². The molecule has 0 spiro atoms. The minimum absolute atomic E-state index is 0.0220. The summed E-state index contributed by atoms with van der Waals surface area (Å²) in [6.07, 6.45) is 4.31. The monoisotopic (exact) mass is 520 g/mol. The number of nitrogens with zero attached hydrogens (tertiary/aromatic N) is 6. The van der Waals surface area contributed by atoms with Gasteiger partial charge in [-0.1, -0.05) is 11.6 Å². The molecule has 0 atom stereocenters. The van der Waals surface area contributed by atoms with E-state index >= 15 is 4.39 Å². The summed E-state index contributed by atoms with van der Waals surface area (Å²) in [7, 11) is 1.05. The van der Waals surface area contributed by atoms with Gasteiger partial charge in [0.25, 0.3) is 0 Å². The Morgan fingerprint density at radius 1 is 1.29 bits per heavy atom. The van der Waals surface area contributed by atoms with Gasteiger partial charge in [-0.25, -0.2) is 17.8 Å². The third kappa shape index (κ3) is 4.77. The fourth-order valence-electron chi connectivity index (χ4n) is 3.38. The van der Waals surface area contributed by atoms with Crippen LogP contribution in [0.15, 0.2) is 35.5 Å². The molecule has 0 fully saturated rings. The second-order valence-corrected chi connectivity index (χ2v) is 10.1. The number of methoxy groups -OCH3 is 1. The predicted molar refractivity (Wildman–Crippen MR) is 130 cm³/mol. The fourth-order valence-corrected chi connectivity index (χ4v) is 4.69. The lowest BCUT2D eigenvalue weighted by Gasteiger charge is -2.22. The first-order chi connectivity index (χ1) is 16.5. The molecule has 4 aromatic rings. The normalized spacial score (nSPS) is 11.5. The molecule has 0 aliphatic carbocycles. The molecular weight excluding hydrogens is 499 g/mol. The first kappa shape index (κ1) is 24.4. The molecular formula is C21H22ClFN8O3S. The van der Waals surface area contributed by atoms with E-state index in [2.05, 4.69) is 30.6 Å². The van der Waals surface area contributed by atoms with E-state index in [-0.39, 0.29) is 22.3 Å². The molecule has 0 unspecified atom stereocenters. The number of hydrogen-bond acceptors (Lipinski definition) is 9. The van der Waals surface area contributed by atoms with Crippen LogP contribution in [-0.2, 0) is 16.9 Å². The predicted octanol–water partition coefficient (Wildman–Crippen LogP) is 3.62. The Labute approximate surface area is 205 Å². The SMILES string of the molecule is COc1c(Nc2cc(C)[nH]n2)nc(N(C)c2ccc(S(C)(=O)=O)c(Cl)c2F)nc1-c1cnn(C)c1. The van der Waals surface area contributed by atoms with Crippen molar-refractivity contribution in [3.05, 3.63) is 47.1 Å². The molecule has 0 saturated heterocycles. The van der Waals surface area contributed by atoms with Crippen molar-refractivity contribution < 1.29 is 17.5 Å². The van der Waals surface area contributed by atoms with Gasteiger partial charge in [0.15, 0.2) is 33.0 Å². The summed E-state index contributed by atoms with van der Waals surface area (Å²) in [5.74, 6) is 0.242. The molecule has 14 heteroatoms. The zero-order chi connectivity index (χ0) is 25.5. The molecule has 0 radical (unpaired) electrons. The highest BCUT2D eigenvalue weighted by molar-refractivity contribution is 7.90. The summed E-state index contributed by atoms with van der Waals surface area (Å²) in [5.41, 5.74) is 1.83. The topological polar surface area (TPSA) is 131 Å². The fraction of sp³-hybridized carbons (Fsp3) is 0.238. The molecule has 0 aliphatic rings. The number of anilines is 4. The van der Waals surface area contributed by atoms with Crippen LogP contribution in [0, 0.1) is 12.7 Å². The van der Waals surface area contributed by atoms with Gasteiger partial charge in [-0.2, -0.15) is 15.2 Å². The first-order valence-corrected chi connectivity index (χ1v) is 12.4. The molecule has 35 heavy (non-hydrogen) atoms. The molecule has 184 valence electrons. The molecule has 1 aromatic carbocycles. The summed E-state index contributed by atoms with van der Waals surface area (Å²) in [6.45, 7) is 1.85. The van der Waals surface area contributed by atoms with Crippen molar-refractivity contribution in [2.75, 3.05) is 30.6 Å². The molecule has 3 heterocycles. The van der Waals surface area contributed by atoms with Crippen LogP contribution in [0.1, 0.15) is 5.69 Å². The van der Waals surface area contributed by atoms with Gasteiger partial charge in [0.2, 0.25) is 5.95 Å². The molecule has 0 bridgehead atoms. The number of aromatic amines is 1. The minimum atomic E-state index is -3.72. The van der Waals surface area contributed by atoms with Crippen LogP contribution in [0.5, 0.6) is 5.75 Å². The second kappa shape index (κ2) is 9.15. The van der Waals surface area contributed by atoms with E-state index in [1.54, 1.807) is 30.2 Å². The van der Waals surface area contributed by atoms with Crippen LogP contribution in [-0.4, -0.2) is 58.8 Å². The molecule has 0 amide bonds. The first-order valence-electron chi connectivity index (χ1n) is 10.2. The van der Waals surface area contributed by atoms with Crippen molar-refractivity contribution in [2.45, 2.75) is 11.8 Å². The van der Waals surface area contributed by atoms with E-state index in [1.165, 1.54) is 31.2 Å². The number of benzene rings is 1. The largest absolute Gasteiger partial charge is 0.491 e. The molecule has 0 saturated carbocycles. The average molecular weight is 521 g/mol. The van der Waals surface area contributed by atoms with Gasteiger partial charge >= 0.3 is 0 Å². The van der Waals surface area contributed by atoms with Crippen molar-refractivity contribution in [2.24, 2.45) is 7.05 Å². The van der Waals surface area contributed by atoms with Crippen LogP contribution in [0.3, 0.4) is 0 Å². The maximum absolute atomic E-state index is 15.2. The number of rotatable bonds is 7. The van der Waals surface area contributed by atoms with Gasteiger partial charge < -0.3 is 15.0 Å². The zero-order valence-corrected chi connectivity index (χ0v) is 21.0. The Balaban J connectivity index is 1.88. The Hall–Kier alpha value is -3.71.